The standard InChI is InChI=1S/C18H22N2O4/c1-9(2)14-13(23-5)7-10(3)15-16(14)12(8-19)20(17(15)21)11(4)18(22)24-6/h7,9,11-12H,1-6H3. The summed E-state index contributed by atoms with van der Waals surface area (Å²) in [5.41, 5.74) is 2.69. The Morgan fingerprint density at radius 1 is 1.33 bits per heavy atom. The molecule has 2 unspecified atom stereocenters. The van der Waals surface area contributed by atoms with Gasteiger partial charge >= 0.3 is 5.97 Å². The number of hydrogen-bond donors (Lipinski definition) is 0. The Hall–Kier alpha value is -2.55. The molecule has 0 fully saturated rings. The normalized spacial score (nSPS) is 17.5. The molecule has 0 spiro atoms. The van der Waals surface area contributed by atoms with E-state index in [4.69, 9.17) is 9.47 Å². The van der Waals surface area contributed by atoms with Gasteiger partial charge in [0.15, 0.2) is 0 Å². The van der Waals surface area contributed by atoms with Crippen LogP contribution in [0, 0.1) is 18.3 Å². The molecule has 1 aliphatic rings. The SMILES string of the molecule is COC(=O)C(C)N1C(=O)c2c(C)cc(OC)c(C(C)C)c2C1C#N. The number of benzene rings is 1. The van der Waals surface area contributed by atoms with E-state index in [0.29, 0.717) is 16.9 Å². The van der Waals surface area contributed by atoms with Crippen LogP contribution in [0.3, 0.4) is 0 Å². The molecule has 0 aromatic heterocycles. The van der Waals surface area contributed by atoms with Crippen LogP contribution in [0.4, 0.5) is 0 Å². The molecule has 2 atom stereocenters. The number of carbonyl (C=O) groups excluding carboxylic acids is 2. The van der Waals surface area contributed by atoms with Crippen LogP contribution < -0.4 is 4.74 Å². The highest BCUT2D eigenvalue weighted by atomic mass is 16.5. The summed E-state index contributed by atoms with van der Waals surface area (Å²) in [7, 11) is 2.84. The van der Waals surface area contributed by atoms with Crippen LogP contribution >= 0.6 is 0 Å². The van der Waals surface area contributed by atoms with Gasteiger partial charge in [0, 0.05) is 16.7 Å². The summed E-state index contributed by atoms with van der Waals surface area (Å²) in [4.78, 5) is 26.2. The molecule has 0 saturated heterocycles. The lowest BCUT2D eigenvalue weighted by Gasteiger charge is -2.26. The molecule has 2 rings (SSSR count). The first-order chi connectivity index (χ1) is 11.3. The van der Waals surface area contributed by atoms with Crippen molar-refractivity contribution in [2.45, 2.75) is 45.7 Å². The van der Waals surface area contributed by atoms with E-state index in [-0.39, 0.29) is 11.8 Å². The minimum Gasteiger partial charge on any atom is -0.496 e. The molecular formula is C18H22N2O4. The first-order valence-electron chi connectivity index (χ1n) is 7.81. The van der Waals surface area contributed by atoms with Gasteiger partial charge in [-0.3, -0.25) is 4.79 Å². The topological polar surface area (TPSA) is 79.6 Å². The number of rotatable bonds is 4. The highest BCUT2D eigenvalue weighted by molar-refractivity contribution is 6.03. The Morgan fingerprint density at radius 3 is 2.42 bits per heavy atom. The smallest absolute Gasteiger partial charge is 0.328 e. The third kappa shape index (κ3) is 2.50. The minimum absolute atomic E-state index is 0.0614. The fourth-order valence-corrected chi connectivity index (χ4v) is 3.35. The number of aryl methyl sites for hydroxylation is 1. The second-order valence-electron chi connectivity index (χ2n) is 6.20. The summed E-state index contributed by atoms with van der Waals surface area (Å²) in [6, 6.07) is 2.31. The average molecular weight is 330 g/mol. The molecule has 1 heterocycles. The Labute approximate surface area is 142 Å². The van der Waals surface area contributed by atoms with Crippen molar-refractivity contribution >= 4 is 11.9 Å². The number of carbonyl (C=O) groups is 2. The van der Waals surface area contributed by atoms with Gasteiger partial charge in [-0.1, -0.05) is 13.8 Å². The first kappa shape index (κ1) is 17.8. The van der Waals surface area contributed by atoms with Gasteiger partial charge < -0.3 is 14.4 Å². The molecule has 0 radical (unpaired) electrons. The molecule has 1 aliphatic heterocycles. The molecule has 1 aromatic carbocycles. The minimum atomic E-state index is -0.843. The number of nitriles is 1. The number of methoxy groups -OCH3 is 2. The molecule has 6 nitrogen and oxygen atoms in total. The van der Waals surface area contributed by atoms with Crippen LogP contribution in [0.2, 0.25) is 0 Å². The van der Waals surface area contributed by atoms with E-state index in [9.17, 15) is 14.9 Å². The number of nitrogens with zero attached hydrogens (tertiary/aromatic N) is 2. The third-order valence-electron chi connectivity index (χ3n) is 4.45. The van der Waals surface area contributed by atoms with Crippen LogP contribution in [0.5, 0.6) is 5.75 Å². The van der Waals surface area contributed by atoms with Gasteiger partial charge in [0.1, 0.15) is 17.8 Å². The number of esters is 1. The maximum absolute atomic E-state index is 12.9. The number of amides is 1. The number of hydrogen-bond acceptors (Lipinski definition) is 5. The van der Waals surface area contributed by atoms with E-state index in [1.165, 1.54) is 12.0 Å². The lowest BCUT2D eigenvalue weighted by molar-refractivity contribution is -0.145. The van der Waals surface area contributed by atoms with Crippen molar-refractivity contribution in [3.8, 4) is 11.8 Å². The van der Waals surface area contributed by atoms with E-state index in [2.05, 4.69) is 6.07 Å². The summed E-state index contributed by atoms with van der Waals surface area (Å²) in [5, 5.41) is 9.73. The van der Waals surface area contributed by atoms with Crippen LogP contribution in [-0.2, 0) is 9.53 Å². The van der Waals surface area contributed by atoms with Crippen molar-refractivity contribution in [2.75, 3.05) is 14.2 Å². The quantitative estimate of drug-likeness (QED) is 0.793. The molecule has 0 N–H and O–H groups in total. The molecule has 0 saturated carbocycles. The van der Waals surface area contributed by atoms with Gasteiger partial charge in [0.05, 0.1) is 20.3 Å². The molecule has 1 amide bonds. The van der Waals surface area contributed by atoms with Crippen LogP contribution in [0.1, 0.15) is 59.8 Å². The van der Waals surface area contributed by atoms with Gasteiger partial charge in [0.25, 0.3) is 5.91 Å². The lowest BCUT2D eigenvalue weighted by atomic mass is 9.88. The number of ether oxygens (including phenoxy) is 2. The van der Waals surface area contributed by atoms with Gasteiger partial charge in [-0.05, 0) is 31.4 Å². The second kappa shape index (κ2) is 6.52. The molecule has 128 valence electrons. The van der Waals surface area contributed by atoms with E-state index in [1.807, 2.05) is 26.8 Å². The largest absolute Gasteiger partial charge is 0.496 e. The van der Waals surface area contributed by atoms with E-state index in [1.54, 1.807) is 14.0 Å². The van der Waals surface area contributed by atoms with E-state index < -0.39 is 18.1 Å². The van der Waals surface area contributed by atoms with Crippen LogP contribution in [-0.4, -0.2) is 37.0 Å². The Bertz CT molecular complexity index is 734. The van der Waals surface area contributed by atoms with E-state index in [0.717, 1.165) is 11.1 Å². The van der Waals surface area contributed by atoms with Crippen LogP contribution in [0.15, 0.2) is 6.07 Å². The van der Waals surface area contributed by atoms with Crippen molar-refractivity contribution in [1.82, 2.24) is 4.90 Å². The van der Waals surface area contributed by atoms with Crippen molar-refractivity contribution in [2.24, 2.45) is 0 Å². The predicted octanol–water partition coefficient (Wildman–Crippen LogP) is 2.71. The maximum Gasteiger partial charge on any atom is 0.328 e. The fourth-order valence-electron chi connectivity index (χ4n) is 3.35. The summed E-state index contributed by atoms with van der Waals surface area (Å²) in [6.45, 7) is 7.35. The lowest BCUT2D eigenvalue weighted by Crippen LogP contribution is -2.41. The summed E-state index contributed by atoms with van der Waals surface area (Å²) < 4.78 is 10.2. The van der Waals surface area contributed by atoms with E-state index >= 15 is 0 Å². The zero-order chi connectivity index (χ0) is 18.2. The maximum atomic E-state index is 12.9. The van der Waals surface area contributed by atoms with Gasteiger partial charge in [-0.15, -0.1) is 0 Å². The molecule has 0 bridgehead atoms. The Morgan fingerprint density at radius 2 is 1.96 bits per heavy atom. The summed E-state index contributed by atoms with van der Waals surface area (Å²) in [5.74, 6) is -0.156. The number of fused-ring (bicyclic) bond motifs is 1. The first-order valence-corrected chi connectivity index (χ1v) is 7.81. The van der Waals surface area contributed by atoms with Crippen molar-refractivity contribution in [1.29, 1.82) is 5.26 Å². The monoisotopic (exact) mass is 330 g/mol. The molecule has 24 heavy (non-hydrogen) atoms. The van der Waals surface area contributed by atoms with Crippen molar-refractivity contribution in [3.05, 3.63) is 28.3 Å². The zero-order valence-electron chi connectivity index (χ0n) is 14.8. The predicted molar refractivity (Wildman–Crippen MR) is 87.8 cm³/mol. The molecule has 1 aromatic rings. The van der Waals surface area contributed by atoms with Crippen LogP contribution in [0.25, 0.3) is 0 Å². The van der Waals surface area contributed by atoms with Crippen molar-refractivity contribution < 1.29 is 19.1 Å². The molecular weight excluding hydrogens is 308 g/mol. The van der Waals surface area contributed by atoms with Crippen molar-refractivity contribution in [3.63, 3.8) is 0 Å². The highest BCUT2D eigenvalue weighted by Crippen LogP contribution is 2.45. The zero-order valence-corrected chi connectivity index (χ0v) is 14.8. The Kier molecular flexibility index (Phi) is 4.83. The van der Waals surface area contributed by atoms with Gasteiger partial charge in [-0.25, -0.2) is 4.79 Å². The molecule has 0 aliphatic carbocycles. The average Bonchev–Trinajstić information content (AvgIpc) is 2.85. The highest BCUT2D eigenvalue weighted by Gasteiger charge is 2.45. The molecule has 6 heteroatoms. The fraction of sp³-hybridized carbons (Fsp3) is 0.500. The Balaban J connectivity index is 2.74. The summed E-state index contributed by atoms with van der Waals surface area (Å²) >= 11 is 0. The van der Waals surface area contributed by atoms with Gasteiger partial charge in [0.2, 0.25) is 0 Å². The summed E-state index contributed by atoms with van der Waals surface area (Å²) in [6.07, 6.45) is 0. The third-order valence-corrected chi connectivity index (χ3v) is 4.45. The second-order valence-corrected chi connectivity index (χ2v) is 6.20. The van der Waals surface area contributed by atoms with Gasteiger partial charge in [-0.2, -0.15) is 5.26 Å².